The van der Waals surface area contributed by atoms with Gasteiger partial charge in [-0.3, -0.25) is 9.59 Å². The van der Waals surface area contributed by atoms with Crippen LogP contribution >= 0.6 is 0 Å². The maximum absolute atomic E-state index is 11.3. The van der Waals surface area contributed by atoms with Gasteiger partial charge in [0.2, 0.25) is 5.91 Å². The zero-order chi connectivity index (χ0) is 10.6. The van der Waals surface area contributed by atoms with Crippen LogP contribution in [0.2, 0.25) is 0 Å². The predicted octanol–water partition coefficient (Wildman–Crippen LogP) is 1.01. The smallest absolute Gasteiger partial charge is 0.315 e. The van der Waals surface area contributed by atoms with E-state index in [1.807, 2.05) is 20.8 Å². The topological polar surface area (TPSA) is 66.4 Å². The van der Waals surface area contributed by atoms with Crippen molar-refractivity contribution in [3.05, 3.63) is 0 Å². The molecule has 76 valence electrons. The van der Waals surface area contributed by atoms with E-state index in [1.165, 1.54) is 6.92 Å². The van der Waals surface area contributed by atoms with Crippen LogP contribution in [0.5, 0.6) is 0 Å². The van der Waals surface area contributed by atoms with Crippen LogP contribution in [0.3, 0.4) is 0 Å². The van der Waals surface area contributed by atoms with Crippen molar-refractivity contribution in [2.75, 3.05) is 0 Å². The molecule has 0 aromatic heterocycles. The SMILES string of the molecule is CCC(C)(C)NC(=O)C(C)C(=O)O. The van der Waals surface area contributed by atoms with E-state index >= 15 is 0 Å². The quantitative estimate of drug-likeness (QED) is 0.645. The van der Waals surface area contributed by atoms with E-state index in [-0.39, 0.29) is 5.54 Å². The molecule has 0 rings (SSSR count). The van der Waals surface area contributed by atoms with Crippen LogP contribution < -0.4 is 5.32 Å². The summed E-state index contributed by atoms with van der Waals surface area (Å²) >= 11 is 0. The van der Waals surface area contributed by atoms with Crippen molar-refractivity contribution >= 4 is 11.9 Å². The van der Waals surface area contributed by atoms with Gasteiger partial charge in [0.25, 0.3) is 0 Å². The zero-order valence-electron chi connectivity index (χ0n) is 8.55. The highest BCUT2D eigenvalue weighted by Gasteiger charge is 2.25. The highest BCUT2D eigenvalue weighted by atomic mass is 16.4. The van der Waals surface area contributed by atoms with Crippen LogP contribution in [0.15, 0.2) is 0 Å². The number of nitrogens with one attached hydrogen (secondary N) is 1. The minimum atomic E-state index is -1.09. The van der Waals surface area contributed by atoms with Crippen molar-refractivity contribution in [1.82, 2.24) is 5.32 Å². The van der Waals surface area contributed by atoms with E-state index in [1.54, 1.807) is 0 Å². The van der Waals surface area contributed by atoms with Gasteiger partial charge in [0.1, 0.15) is 5.92 Å². The Morgan fingerprint density at radius 2 is 1.92 bits per heavy atom. The molecule has 0 fully saturated rings. The molecule has 1 atom stereocenters. The Kier molecular flexibility index (Phi) is 3.91. The molecule has 0 aromatic rings. The van der Waals surface area contributed by atoms with E-state index in [0.717, 1.165) is 6.42 Å². The van der Waals surface area contributed by atoms with Crippen LogP contribution in [0.1, 0.15) is 34.1 Å². The van der Waals surface area contributed by atoms with Crippen molar-refractivity contribution < 1.29 is 14.7 Å². The summed E-state index contributed by atoms with van der Waals surface area (Å²) in [4.78, 5) is 21.7. The lowest BCUT2D eigenvalue weighted by Crippen LogP contribution is -2.46. The molecule has 4 nitrogen and oxygen atoms in total. The number of carboxylic acid groups (broad SMARTS) is 1. The third-order valence-corrected chi connectivity index (χ3v) is 2.11. The standard InChI is InChI=1S/C9H17NO3/c1-5-9(3,4)10-7(11)6(2)8(12)13/h6H,5H2,1-4H3,(H,10,11)(H,12,13). The van der Waals surface area contributed by atoms with Gasteiger partial charge in [0.05, 0.1) is 0 Å². The van der Waals surface area contributed by atoms with Crippen LogP contribution in [0.25, 0.3) is 0 Å². The number of carbonyl (C=O) groups is 2. The second-order valence-corrected chi connectivity index (χ2v) is 3.79. The molecule has 0 heterocycles. The normalized spacial score (nSPS) is 13.5. The minimum Gasteiger partial charge on any atom is -0.481 e. The first-order valence-electron chi connectivity index (χ1n) is 4.35. The summed E-state index contributed by atoms with van der Waals surface area (Å²) in [6, 6.07) is 0. The van der Waals surface area contributed by atoms with Crippen LogP contribution in [-0.4, -0.2) is 22.5 Å². The van der Waals surface area contributed by atoms with Gasteiger partial charge in [-0.05, 0) is 27.2 Å². The van der Waals surface area contributed by atoms with Crippen LogP contribution in [0.4, 0.5) is 0 Å². The molecule has 0 saturated carbocycles. The molecule has 1 amide bonds. The van der Waals surface area contributed by atoms with E-state index in [9.17, 15) is 9.59 Å². The molecule has 4 heteroatoms. The zero-order valence-corrected chi connectivity index (χ0v) is 8.55. The maximum Gasteiger partial charge on any atom is 0.315 e. The van der Waals surface area contributed by atoms with Crippen LogP contribution in [0, 0.1) is 5.92 Å². The van der Waals surface area contributed by atoms with E-state index in [0.29, 0.717) is 0 Å². The Morgan fingerprint density at radius 3 is 2.23 bits per heavy atom. The van der Waals surface area contributed by atoms with Gasteiger partial charge >= 0.3 is 5.97 Å². The van der Waals surface area contributed by atoms with Crippen molar-refractivity contribution in [3.63, 3.8) is 0 Å². The van der Waals surface area contributed by atoms with E-state index in [4.69, 9.17) is 5.11 Å². The summed E-state index contributed by atoms with van der Waals surface area (Å²) in [7, 11) is 0. The average molecular weight is 187 g/mol. The molecular formula is C9H17NO3. The summed E-state index contributed by atoms with van der Waals surface area (Å²) in [5, 5.41) is 11.2. The van der Waals surface area contributed by atoms with E-state index in [2.05, 4.69) is 5.32 Å². The third-order valence-electron chi connectivity index (χ3n) is 2.11. The summed E-state index contributed by atoms with van der Waals surface area (Å²) in [5.41, 5.74) is -0.333. The fourth-order valence-electron chi connectivity index (χ4n) is 0.642. The molecule has 0 aliphatic carbocycles. The summed E-state index contributed by atoms with van der Waals surface area (Å²) in [6.45, 7) is 7.04. The molecular weight excluding hydrogens is 170 g/mol. The first kappa shape index (κ1) is 11.9. The fourth-order valence-corrected chi connectivity index (χ4v) is 0.642. The number of amides is 1. The monoisotopic (exact) mass is 187 g/mol. The van der Waals surface area contributed by atoms with Crippen molar-refractivity contribution in [1.29, 1.82) is 0 Å². The predicted molar refractivity (Wildman–Crippen MR) is 49.3 cm³/mol. The minimum absolute atomic E-state index is 0.333. The average Bonchev–Trinajstić information content (AvgIpc) is 2.02. The first-order valence-corrected chi connectivity index (χ1v) is 4.35. The van der Waals surface area contributed by atoms with Gasteiger partial charge in [-0.2, -0.15) is 0 Å². The largest absolute Gasteiger partial charge is 0.481 e. The number of carbonyl (C=O) groups excluding carboxylic acids is 1. The number of aliphatic carboxylic acids is 1. The van der Waals surface area contributed by atoms with Crippen molar-refractivity contribution in [3.8, 4) is 0 Å². The maximum atomic E-state index is 11.3. The molecule has 0 bridgehead atoms. The summed E-state index contributed by atoms with van der Waals surface area (Å²) in [6.07, 6.45) is 0.769. The Morgan fingerprint density at radius 1 is 1.46 bits per heavy atom. The molecule has 0 aliphatic heterocycles. The fraction of sp³-hybridized carbons (Fsp3) is 0.778. The van der Waals surface area contributed by atoms with Gasteiger partial charge < -0.3 is 10.4 Å². The van der Waals surface area contributed by atoms with Gasteiger partial charge in [-0.25, -0.2) is 0 Å². The van der Waals surface area contributed by atoms with Crippen molar-refractivity contribution in [2.45, 2.75) is 39.7 Å². The molecule has 0 spiro atoms. The van der Waals surface area contributed by atoms with Gasteiger partial charge in [-0.15, -0.1) is 0 Å². The third kappa shape index (κ3) is 3.92. The van der Waals surface area contributed by atoms with Gasteiger partial charge in [-0.1, -0.05) is 6.92 Å². The molecule has 0 aromatic carbocycles. The lowest BCUT2D eigenvalue weighted by Gasteiger charge is -2.25. The highest BCUT2D eigenvalue weighted by molar-refractivity contribution is 5.96. The lowest BCUT2D eigenvalue weighted by molar-refractivity contribution is -0.146. The highest BCUT2D eigenvalue weighted by Crippen LogP contribution is 2.08. The van der Waals surface area contributed by atoms with Gasteiger partial charge in [0.15, 0.2) is 0 Å². The number of hydrogen-bond donors (Lipinski definition) is 2. The van der Waals surface area contributed by atoms with Crippen molar-refractivity contribution in [2.24, 2.45) is 5.92 Å². The number of hydrogen-bond acceptors (Lipinski definition) is 2. The molecule has 0 radical (unpaired) electrons. The number of carboxylic acids is 1. The second kappa shape index (κ2) is 4.25. The van der Waals surface area contributed by atoms with Gasteiger partial charge in [0, 0.05) is 5.54 Å². The molecule has 2 N–H and O–H groups in total. The first-order chi connectivity index (χ1) is 5.80. The summed E-state index contributed by atoms with van der Waals surface area (Å²) in [5.74, 6) is -2.51. The molecule has 0 aliphatic rings. The summed E-state index contributed by atoms with van der Waals surface area (Å²) < 4.78 is 0. The molecule has 13 heavy (non-hydrogen) atoms. The Bertz CT molecular complexity index is 211. The van der Waals surface area contributed by atoms with Crippen LogP contribution in [-0.2, 0) is 9.59 Å². The lowest BCUT2D eigenvalue weighted by atomic mass is 10.0. The molecule has 0 saturated heterocycles. The second-order valence-electron chi connectivity index (χ2n) is 3.79. The number of rotatable bonds is 4. The Labute approximate surface area is 78.3 Å². The molecule has 1 unspecified atom stereocenters. The Hall–Kier alpha value is -1.06. The van der Waals surface area contributed by atoms with E-state index < -0.39 is 17.8 Å². The Balaban J connectivity index is 4.23.